The van der Waals surface area contributed by atoms with Gasteiger partial charge in [-0.1, -0.05) is 35.3 Å². The second kappa shape index (κ2) is 15.2. The van der Waals surface area contributed by atoms with Gasteiger partial charge in [0.2, 0.25) is 15.9 Å². The average Bonchev–Trinajstić information content (AvgIpc) is 3.88. The molecule has 0 unspecified atom stereocenters. The summed E-state index contributed by atoms with van der Waals surface area (Å²) in [6.07, 6.45) is 10.8. The first-order valence-corrected chi connectivity index (χ1v) is 19.3. The second-order valence-electron chi connectivity index (χ2n) is 13.0. The molecule has 0 aliphatic carbocycles. The van der Waals surface area contributed by atoms with E-state index in [1.165, 1.54) is 16.4 Å². The Labute approximate surface area is 311 Å². The van der Waals surface area contributed by atoms with Crippen molar-refractivity contribution < 1.29 is 22.7 Å². The number of pyridine rings is 2. The normalized spacial score (nSPS) is 17.1. The maximum Gasteiger partial charge on any atom is 0.255 e. The number of rotatable bonds is 10. The Morgan fingerprint density at radius 1 is 1.00 bits per heavy atom. The van der Waals surface area contributed by atoms with Gasteiger partial charge in [0.05, 0.1) is 22.6 Å². The van der Waals surface area contributed by atoms with Gasteiger partial charge >= 0.3 is 0 Å². The summed E-state index contributed by atoms with van der Waals surface area (Å²) in [7, 11) is -4.19. The van der Waals surface area contributed by atoms with E-state index in [0.29, 0.717) is 54.9 Å². The van der Waals surface area contributed by atoms with Gasteiger partial charge in [-0.3, -0.25) is 14.6 Å². The van der Waals surface area contributed by atoms with Crippen LogP contribution in [0.5, 0.6) is 5.75 Å². The predicted molar refractivity (Wildman–Crippen MR) is 197 cm³/mol. The number of ether oxygens (including phenoxy) is 1. The van der Waals surface area contributed by atoms with Gasteiger partial charge in [-0.15, -0.1) is 0 Å². The van der Waals surface area contributed by atoms with Gasteiger partial charge in [-0.05, 0) is 74.9 Å². The third-order valence-corrected chi connectivity index (χ3v) is 12.5. The molecule has 7 rings (SSSR count). The summed E-state index contributed by atoms with van der Waals surface area (Å²) in [5, 5.41) is 4.01. The lowest BCUT2D eigenvalue weighted by Gasteiger charge is -2.32. The van der Waals surface area contributed by atoms with Crippen molar-refractivity contribution in [2.75, 3.05) is 26.2 Å². The molecule has 2 aromatic carbocycles. The maximum absolute atomic E-state index is 14.1. The molecular weight excluding hydrogens is 725 g/mol. The molecule has 2 aliphatic rings. The van der Waals surface area contributed by atoms with E-state index >= 15 is 0 Å². The van der Waals surface area contributed by atoms with Crippen molar-refractivity contribution in [1.29, 1.82) is 0 Å². The van der Waals surface area contributed by atoms with Gasteiger partial charge in [-0.25, -0.2) is 18.4 Å². The van der Waals surface area contributed by atoms with Crippen LogP contribution in [-0.4, -0.2) is 81.2 Å². The highest BCUT2D eigenvalue weighted by Crippen LogP contribution is 2.37. The molecule has 0 spiro atoms. The van der Waals surface area contributed by atoms with E-state index < -0.39 is 16.1 Å². The van der Waals surface area contributed by atoms with Crippen LogP contribution in [0.1, 0.15) is 47.3 Å². The molecular formula is C37H37Cl2N7O5S. The smallest absolute Gasteiger partial charge is 0.255 e. The molecule has 2 fully saturated rings. The molecule has 52 heavy (non-hydrogen) atoms. The largest absolute Gasteiger partial charge is 0.487 e. The number of hydrogen-bond acceptors (Lipinski definition) is 8. The van der Waals surface area contributed by atoms with Crippen molar-refractivity contribution in [2.45, 2.75) is 50.2 Å². The minimum absolute atomic E-state index is 0.0567. The van der Waals surface area contributed by atoms with Gasteiger partial charge in [0.25, 0.3) is 5.91 Å². The number of likely N-dealkylation sites (tertiary alicyclic amines) is 1. The van der Waals surface area contributed by atoms with Crippen molar-refractivity contribution >= 4 is 55.9 Å². The summed E-state index contributed by atoms with van der Waals surface area (Å²) in [4.78, 5) is 40.8. The van der Waals surface area contributed by atoms with E-state index in [1.54, 1.807) is 48.0 Å². The van der Waals surface area contributed by atoms with E-state index in [2.05, 4.69) is 15.3 Å². The number of carbonyl (C=O) groups is 2. The Morgan fingerprint density at radius 3 is 2.58 bits per heavy atom. The third-order valence-electron chi connectivity index (χ3n) is 9.68. The number of aryl methyl sites for hydroxylation is 1. The summed E-state index contributed by atoms with van der Waals surface area (Å²) in [6, 6.07) is 13.0. The quantitative estimate of drug-likeness (QED) is 0.188. The first-order valence-electron chi connectivity index (χ1n) is 17.1. The van der Waals surface area contributed by atoms with Crippen LogP contribution < -0.4 is 10.1 Å². The monoisotopic (exact) mass is 761 g/mol. The summed E-state index contributed by atoms with van der Waals surface area (Å²) >= 11 is 13.4. The van der Waals surface area contributed by atoms with Gasteiger partial charge in [0, 0.05) is 72.6 Å². The van der Waals surface area contributed by atoms with Crippen molar-refractivity contribution in [1.82, 2.24) is 34.0 Å². The molecule has 12 nitrogen and oxygen atoms in total. The van der Waals surface area contributed by atoms with Crippen LogP contribution in [0, 0.1) is 12.8 Å². The van der Waals surface area contributed by atoms with Crippen molar-refractivity contribution in [3.8, 4) is 11.4 Å². The summed E-state index contributed by atoms with van der Waals surface area (Å²) in [6.45, 7) is 3.49. The number of sulfonamides is 1. The SMILES string of the molecule is Cc1cc(-n2ccnc2)c2cccc(OCc3c(Cl)ccc(S(=O)(=O)N4CCC[C@H]4C(=O)NCC4CCN(C(=O)c5cccnc5)CC4)c3Cl)c2n1. The fourth-order valence-corrected chi connectivity index (χ4v) is 9.43. The zero-order valence-corrected chi connectivity index (χ0v) is 30.7. The molecule has 1 atom stereocenters. The van der Waals surface area contributed by atoms with E-state index in [1.807, 2.05) is 35.9 Å². The molecule has 1 N–H and O–H groups in total. The third kappa shape index (κ3) is 7.23. The van der Waals surface area contributed by atoms with Crippen LogP contribution in [0.2, 0.25) is 10.0 Å². The number of carbonyl (C=O) groups excluding carboxylic acids is 2. The number of amides is 2. The molecule has 3 aromatic heterocycles. The first-order chi connectivity index (χ1) is 25.1. The number of halogens is 2. The summed E-state index contributed by atoms with van der Waals surface area (Å²) in [5.74, 6) is 0.237. The van der Waals surface area contributed by atoms with Crippen LogP contribution in [0.3, 0.4) is 0 Å². The number of hydrogen-bond donors (Lipinski definition) is 1. The van der Waals surface area contributed by atoms with Crippen molar-refractivity contribution in [2.24, 2.45) is 5.92 Å². The fourth-order valence-electron chi connectivity index (χ4n) is 6.91. The van der Waals surface area contributed by atoms with E-state index in [0.717, 1.165) is 29.6 Å². The maximum atomic E-state index is 14.1. The Kier molecular flexibility index (Phi) is 10.5. The number of nitrogens with zero attached hydrogens (tertiary/aromatic N) is 6. The molecule has 2 saturated heterocycles. The number of para-hydroxylation sites is 1. The minimum Gasteiger partial charge on any atom is -0.487 e. The molecule has 0 radical (unpaired) electrons. The van der Waals surface area contributed by atoms with Crippen LogP contribution in [0.4, 0.5) is 0 Å². The molecule has 2 aliphatic heterocycles. The molecule has 15 heteroatoms. The summed E-state index contributed by atoms with van der Waals surface area (Å²) in [5.41, 5.74) is 3.14. The Hall–Kier alpha value is -4.56. The number of piperidine rings is 1. The molecule has 0 saturated carbocycles. The van der Waals surface area contributed by atoms with Crippen LogP contribution in [0.25, 0.3) is 16.6 Å². The molecule has 270 valence electrons. The highest BCUT2D eigenvalue weighted by Gasteiger charge is 2.41. The number of fused-ring (bicyclic) bond motifs is 1. The molecule has 2 amide bonds. The molecule has 0 bridgehead atoms. The van der Waals surface area contributed by atoms with Crippen LogP contribution in [0.15, 0.2) is 84.5 Å². The Balaban J connectivity index is 1.02. The number of benzene rings is 2. The number of nitrogens with one attached hydrogen (secondary N) is 1. The van der Waals surface area contributed by atoms with E-state index in [-0.39, 0.29) is 45.8 Å². The lowest BCUT2D eigenvalue weighted by atomic mass is 9.96. The lowest BCUT2D eigenvalue weighted by Crippen LogP contribution is -2.48. The van der Waals surface area contributed by atoms with Crippen LogP contribution in [-0.2, 0) is 21.4 Å². The highest BCUT2D eigenvalue weighted by molar-refractivity contribution is 7.89. The van der Waals surface area contributed by atoms with Crippen LogP contribution >= 0.6 is 23.2 Å². The van der Waals surface area contributed by atoms with Gasteiger partial charge in [0.1, 0.15) is 28.8 Å². The number of imidazole rings is 1. The molecule has 5 heterocycles. The van der Waals surface area contributed by atoms with Gasteiger partial charge < -0.3 is 19.5 Å². The standard InChI is InChI=1S/C37H37Cl2N7O5S/c1-24-19-31(45-18-14-41-23-45)27-6-2-8-32(35(27)43-24)51-22-28-29(38)9-10-33(34(28)39)52(49,50)46-15-4-7-30(46)36(47)42-20-25-11-16-44(17-12-25)37(48)26-5-3-13-40-21-26/h2-3,5-6,8-10,13-14,18-19,21,23,25,30H,4,7,11-12,15-17,20,22H2,1H3,(H,42,47)/t30-/m0/s1. The Bertz CT molecular complexity index is 2210. The van der Waals surface area contributed by atoms with Gasteiger partial charge in [0.15, 0.2) is 0 Å². The predicted octanol–water partition coefficient (Wildman–Crippen LogP) is 5.83. The first kappa shape index (κ1) is 35.8. The Morgan fingerprint density at radius 2 is 1.83 bits per heavy atom. The van der Waals surface area contributed by atoms with Crippen molar-refractivity contribution in [3.05, 3.63) is 107 Å². The highest BCUT2D eigenvalue weighted by atomic mass is 35.5. The van der Waals surface area contributed by atoms with E-state index in [4.69, 9.17) is 32.9 Å². The summed E-state index contributed by atoms with van der Waals surface area (Å²) < 4.78 is 37.6. The lowest BCUT2D eigenvalue weighted by molar-refractivity contribution is -0.124. The zero-order chi connectivity index (χ0) is 36.4. The fraction of sp³-hybridized carbons (Fsp3) is 0.324. The zero-order valence-electron chi connectivity index (χ0n) is 28.4. The number of aromatic nitrogens is 4. The second-order valence-corrected chi connectivity index (χ2v) is 15.7. The average molecular weight is 763 g/mol. The van der Waals surface area contributed by atoms with Crippen molar-refractivity contribution in [3.63, 3.8) is 0 Å². The minimum atomic E-state index is -4.19. The van der Waals surface area contributed by atoms with E-state index in [9.17, 15) is 18.0 Å². The molecule has 5 aromatic rings. The topological polar surface area (TPSA) is 140 Å². The van der Waals surface area contributed by atoms with Gasteiger partial charge in [-0.2, -0.15) is 4.31 Å².